The van der Waals surface area contributed by atoms with Gasteiger partial charge < -0.3 is 19.5 Å². The summed E-state index contributed by atoms with van der Waals surface area (Å²) in [5, 5.41) is 1.00. The Morgan fingerprint density at radius 1 is 1.14 bits per heavy atom. The number of aromatic nitrogens is 1. The number of Topliss-reactive ketones (excluding diaryl/α,β-unsaturated/α-hetero) is 1. The zero-order valence-corrected chi connectivity index (χ0v) is 16.6. The van der Waals surface area contributed by atoms with Gasteiger partial charge in [-0.15, -0.1) is 0 Å². The zero-order valence-electron chi connectivity index (χ0n) is 16.6. The third kappa shape index (κ3) is 3.68. The van der Waals surface area contributed by atoms with E-state index in [2.05, 4.69) is 41.2 Å². The van der Waals surface area contributed by atoms with E-state index in [1.165, 1.54) is 16.2 Å². The number of nitrogens with one attached hydrogen (secondary N) is 2. The number of anilines is 1. The van der Waals surface area contributed by atoms with E-state index in [0.29, 0.717) is 0 Å². The molecule has 2 heterocycles. The summed E-state index contributed by atoms with van der Waals surface area (Å²) in [5.41, 5.74) is 4.33. The number of H-pyrrole nitrogens is 1. The third-order valence-corrected chi connectivity index (χ3v) is 5.80. The van der Waals surface area contributed by atoms with Crippen LogP contribution in [0.5, 0.6) is 0 Å². The van der Waals surface area contributed by atoms with Gasteiger partial charge >= 0.3 is 0 Å². The Labute approximate surface area is 165 Å². The van der Waals surface area contributed by atoms with Crippen LogP contribution in [0.15, 0.2) is 54.7 Å². The lowest BCUT2D eigenvalue weighted by molar-refractivity contribution is -0.907. The molecule has 1 aliphatic rings. The van der Waals surface area contributed by atoms with Crippen molar-refractivity contribution >= 4 is 22.4 Å². The number of carbonyl (C=O) groups excluding carboxylic acids is 1. The molecule has 5 heteroatoms. The molecule has 3 aromatic rings. The highest BCUT2D eigenvalue weighted by Gasteiger charge is 2.26. The van der Waals surface area contributed by atoms with Gasteiger partial charge in [-0.05, 0) is 19.1 Å². The molecular formula is C23H28N3O2+. The van der Waals surface area contributed by atoms with E-state index < -0.39 is 0 Å². The maximum atomic E-state index is 13.2. The number of para-hydroxylation sites is 2. The van der Waals surface area contributed by atoms with Crippen molar-refractivity contribution in [2.24, 2.45) is 0 Å². The van der Waals surface area contributed by atoms with Gasteiger partial charge in [-0.3, -0.25) is 4.79 Å². The Hall–Kier alpha value is -2.63. The molecule has 1 saturated heterocycles. The normalized spacial score (nSPS) is 16.9. The Kier molecular flexibility index (Phi) is 5.46. The molecule has 0 radical (unpaired) electrons. The maximum Gasteiger partial charge on any atom is 0.221 e. The number of rotatable bonds is 6. The molecule has 1 aromatic heterocycles. The number of carbonyl (C=O) groups is 1. The van der Waals surface area contributed by atoms with E-state index in [-0.39, 0.29) is 11.8 Å². The van der Waals surface area contributed by atoms with Crippen molar-refractivity contribution < 1.29 is 14.4 Å². The van der Waals surface area contributed by atoms with Crippen LogP contribution in [-0.4, -0.2) is 50.2 Å². The van der Waals surface area contributed by atoms with Crippen LogP contribution in [0.25, 0.3) is 10.9 Å². The Balaban J connectivity index is 1.52. The van der Waals surface area contributed by atoms with E-state index in [0.717, 1.165) is 49.3 Å². The largest absolute Gasteiger partial charge is 0.378 e. The summed E-state index contributed by atoms with van der Waals surface area (Å²) in [4.78, 5) is 20.0. The van der Waals surface area contributed by atoms with Crippen molar-refractivity contribution in [3.8, 4) is 0 Å². The molecule has 0 aliphatic carbocycles. The Bertz CT molecular complexity index is 959. The van der Waals surface area contributed by atoms with Gasteiger partial charge in [0.15, 0.2) is 0 Å². The zero-order chi connectivity index (χ0) is 19.5. The summed E-state index contributed by atoms with van der Waals surface area (Å²) in [7, 11) is 2.10. The van der Waals surface area contributed by atoms with Gasteiger partial charge in [0.1, 0.15) is 12.6 Å². The van der Waals surface area contributed by atoms with E-state index in [1.54, 1.807) is 0 Å². The summed E-state index contributed by atoms with van der Waals surface area (Å²) in [6, 6.07) is 16.4. The number of ether oxygens (including phenoxy) is 1. The van der Waals surface area contributed by atoms with Gasteiger partial charge in [-0.25, -0.2) is 0 Å². The van der Waals surface area contributed by atoms with Gasteiger partial charge in [0, 0.05) is 47.0 Å². The predicted molar refractivity (Wildman–Crippen MR) is 112 cm³/mol. The van der Waals surface area contributed by atoms with E-state index >= 15 is 0 Å². The highest BCUT2D eigenvalue weighted by Crippen LogP contribution is 2.21. The van der Waals surface area contributed by atoms with E-state index in [9.17, 15) is 4.79 Å². The molecule has 2 N–H and O–H groups in total. The van der Waals surface area contributed by atoms with Crippen LogP contribution in [-0.2, 0) is 11.3 Å². The highest BCUT2D eigenvalue weighted by atomic mass is 16.5. The van der Waals surface area contributed by atoms with Crippen LogP contribution in [0.4, 0.5) is 5.69 Å². The Morgan fingerprint density at radius 2 is 1.86 bits per heavy atom. The van der Waals surface area contributed by atoms with Crippen LogP contribution in [0, 0.1) is 0 Å². The lowest BCUT2D eigenvalue weighted by Gasteiger charge is -2.31. The van der Waals surface area contributed by atoms with Gasteiger partial charge in [-0.1, -0.05) is 36.4 Å². The molecule has 5 nitrogen and oxygen atoms in total. The van der Waals surface area contributed by atoms with Crippen LogP contribution in [0.2, 0.25) is 0 Å². The van der Waals surface area contributed by atoms with Crippen molar-refractivity contribution in [3.05, 3.63) is 65.9 Å². The molecular weight excluding hydrogens is 350 g/mol. The van der Waals surface area contributed by atoms with Gasteiger partial charge in [-0.2, -0.15) is 0 Å². The standard InChI is InChI=1S/C23H27N3O2/c1-17(23(27)20-15-24-21-9-5-4-8-19(20)21)25(2)16-18-7-3-6-10-22(18)26-11-13-28-14-12-26/h3-10,15,17,24H,11-14,16H2,1-2H3/p+1/t17-/m0/s1. The average Bonchev–Trinajstić information content (AvgIpc) is 3.18. The van der Waals surface area contributed by atoms with Gasteiger partial charge in [0.25, 0.3) is 0 Å². The van der Waals surface area contributed by atoms with Crippen molar-refractivity contribution in [2.75, 3.05) is 38.3 Å². The van der Waals surface area contributed by atoms with E-state index in [1.807, 2.05) is 37.4 Å². The van der Waals surface area contributed by atoms with E-state index in [4.69, 9.17) is 4.74 Å². The first kappa shape index (κ1) is 18.7. The molecule has 0 saturated carbocycles. The van der Waals surface area contributed by atoms with Crippen LogP contribution >= 0.6 is 0 Å². The summed E-state index contributed by atoms with van der Waals surface area (Å²) >= 11 is 0. The number of likely N-dealkylation sites (N-methyl/N-ethyl adjacent to an activating group) is 1. The van der Waals surface area contributed by atoms with Gasteiger partial charge in [0.2, 0.25) is 5.78 Å². The first-order valence-corrected chi connectivity index (χ1v) is 9.98. The van der Waals surface area contributed by atoms with Crippen molar-refractivity contribution in [1.29, 1.82) is 0 Å². The highest BCUT2D eigenvalue weighted by molar-refractivity contribution is 6.09. The Morgan fingerprint density at radius 3 is 2.68 bits per heavy atom. The number of aromatic amines is 1. The molecule has 1 aliphatic heterocycles. The number of benzene rings is 2. The number of morpholine rings is 1. The SMILES string of the molecule is C[C@@H](C(=O)c1c[nH]c2ccccc12)[NH+](C)Cc1ccccc1N1CCOCC1. The topological polar surface area (TPSA) is 49.8 Å². The van der Waals surface area contributed by atoms with Gasteiger partial charge in [0.05, 0.1) is 20.3 Å². The quantitative estimate of drug-likeness (QED) is 0.647. The van der Waals surface area contributed by atoms with Crippen molar-refractivity contribution in [3.63, 3.8) is 0 Å². The monoisotopic (exact) mass is 378 g/mol. The minimum Gasteiger partial charge on any atom is -0.378 e. The van der Waals surface area contributed by atoms with Crippen LogP contribution < -0.4 is 9.80 Å². The number of quaternary nitrogens is 1. The average molecular weight is 378 g/mol. The number of ketones is 1. The maximum absolute atomic E-state index is 13.2. The molecule has 2 aromatic carbocycles. The smallest absolute Gasteiger partial charge is 0.221 e. The number of hydrogen-bond acceptors (Lipinski definition) is 3. The molecule has 146 valence electrons. The first-order chi connectivity index (χ1) is 13.6. The fourth-order valence-electron chi connectivity index (χ4n) is 3.96. The third-order valence-electron chi connectivity index (χ3n) is 5.80. The summed E-state index contributed by atoms with van der Waals surface area (Å²) in [6.07, 6.45) is 1.85. The van der Waals surface area contributed by atoms with Crippen LogP contribution in [0.1, 0.15) is 22.8 Å². The molecule has 1 fully saturated rings. The molecule has 4 rings (SSSR count). The second-order valence-corrected chi connectivity index (χ2v) is 7.59. The first-order valence-electron chi connectivity index (χ1n) is 9.98. The summed E-state index contributed by atoms with van der Waals surface area (Å²) < 4.78 is 5.49. The molecule has 2 atom stereocenters. The number of fused-ring (bicyclic) bond motifs is 1. The summed E-state index contributed by atoms with van der Waals surface area (Å²) in [5.74, 6) is 0.179. The fraction of sp³-hybridized carbons (Fsp3) is 0.348. The fourth-order valence-corrected chi connectivity index (χ4v) is 3.96. The molecule has 28 heavy (non-hydrogen) atoms. The molecule has 1 unspecified atom stereocenters. The molecule has 0 amide bonds. The molecule has 0 bridgehead atoms. The molecule has 0 spiro atoms. The minimum atomic E-state index is -0.128. The van der Waals surface area contributed by atoms with Crippen LogP contribution in [0.3, 0.4) is 0 Å². The van der Waals surface area contributed by atoms with Crippen molar-refractivity contribution in [2.45, 2.75) is 19.5 Å². The second-order valence-electron chi connectivity index (χ2n) is 7.59. The number of hydrogen-bond donors (Lipinski definition) is 2. The minimum absolute atomic E-state index is 0.128. The predicted octanol–water partition coefficient (Wildman–Crippen LogP) is 2.29. The lowest BCUT2D eigenvalue weighted by Crippen LogP contribution is -3.12. The number of nitrogens with zero attached hydrogens (tertiary/aromatic N) is 1. The lowest BCUT2D eigenvalue weighted by atomic mass is 10.0. The van der Waals surface area contributed by atoms with Crippen molar-refractivity contribution in [1.82, 2.24) is 4.98 Å². The second kappa shape index (κ2) is 8.17. The summed E-state index contributed by atoms with van der Waals surface area (Å²) in [6.45, 7) is 6.21.